The number of rotatable bonds is 5. The maximum absolute atomic E-state index is 11.3. The van der Waals surface area contributed by atoms with Crippen molar-refractivity contribution in [1.29, 1.82) is 0 Å². The Bertz CT molecular complexity index is 673. The molecule has 0 amide bonds. The first kappa shape index (κ1) is 14.0. The molecular formula is C14H18N4O3. The van der Waals surface area contributed by atoms with Gasteiger partial charge in [-0.15, -0.1) is 0 Å². The van der Waals surface area contributed by atoms with Crippen molar-refractivity contribution < 1.29 is 9.26 Å². The lowest BCUT2D eigenvalue weighted by molar-refractivity contribution is -0.0222. The number of aromatic nitrogens is 3. The first-order chi connectivity index (χ1) is 10.0. The van der Waals surface area contributed by atoms with Crippen molar-refractivity contribution in [1.82, 2.24) is 15.1 Å². The van der Waals surface area contributed by atoms with E-state index in [4.69, 9.17) is 15.0 Å². The SMILES string of the molecule is CC(N)(COC1CCC1)c1noc(-c2cccc(=O)[nH]2)n1. The van der Waals surface area contributed by atoms with Gasteiger partial charge in [-0.3, -0.25) is 4.79 Å². The molecule has 1 saturated carbocycles. The van der Waals surface area contributed by atoms with E-state index in [1.807, 2.05) is 0 Å². The maximum Gasteiger partial charge on any atom is 0.274 e. The molecule has 1 fully saturated rings. The lowest BCUT2D eigenvalue weighted by atomic mass is 9.95. The molecule has 1 unspecified atom stereocenters. The highest BCUT2D eigenvalue weighted by molar-refractivity contribution is 5.45. The topological polar surface area (TPSA) is 107 Å². The van der Waals surface area contributed by atoms with Crippen molar-refractivity contribution in [3.05, 3.63) is 34.4 Å². The summed E-state index contributed by atoms with van der Waals surface area (Å²) in [6.45, 7) is 2.13. The van der Waals surface area contributed by atoms with Crippen molar-refractivity contribution in [2.45, 2.75) is 37.8 Å². The number of nitrogens with two attached hydrogens (primary N) is 1. The fourth-order valence-electron chi connectivity index (χ4n) is 2.03. The summed E-state index contributed by atoms with van der Waals surface area (Å²) in [6.07, 6.45) is 3.67. The second kappa shape index (κ2) is 5.42. The number of hydrogen-bond donors (Lipinski definition) is 2. The fraction of sp³-hybridized carbons (Fsp3) is 0.500. The number of hydrogen-bond acceptors (Lipinski definition) is 6. The van der Waals surface area contributed by atoms with E-state index in [0.717, 1.165) is 12.8 Å². The zero-order valence-corrected chi connectivity index (χ0v) is 11.8. The molecule has 0 aromatic carbocycles. The lowest BCUT2D eigenvalue weighted by Crippen LogP contribution is -2.41. The first-order valence-corrected chi connectivity index (χ1v) is 6.99. The smallest absolute Gasteiger partial charge is 0.274 e. The van der Waals surface area contributed by atoms with Gasteiger partial charge in [-0.25, -0.2) is 0 Å². The van der Waals surface area contributed by atoms with Gasteiger partial charge in [0.2, 0.25) is 5.56 Å². The van der Waals surface area contributed by atoms with E-state index in [-0.39, 0.29) is 11.4 Å². The zero-order chi connectivity index (χ0) is 14.9. The van der Waals surface area contributed by atoms with E-state index in [1.165, 1.54) is 12.5 Å². The molecule has 1 aliphatic rings. The summed E-state index contributed by atoms with van der Waals surface area (Å²) in [7, 11) is 0. The third-order valence-corrected chi connectivity index (χ3v) is 3.61. The van der Waals surface area contributed by atoms with Crippen LogP contribution in [0.25, 0.3) is 11.6 Å². The number of ether oxygens (including phenoxy) is 1. The van der Waals surface area contributed by atoms with Gasteiger partial charge < -0.3 is 20.0 Å². The summed E-state index contributed by atoms with van der Waals surface area (Å²) in [5.74, 6) is 0.601. The van der Waals surface area contributed by atoms with Gasteiger partial charge in [-0.05, 0) is 32.3 Å². The lowest BCUT2D eigenvalue weighted by Gasteiger charge is -2.29. The quantitative estimate of drug-likeness (QED) is 0.856. The van der Waals surface area contributed by atoms with E-state index >= 15 is 0 Å². The molecule has 0 aliphatic heterocycles. The van der Waals surface area contributed by atoms with Crippen molar-refractivity contribution in [3.8, 4) is 11.6 Å². The highest BCUT2D eigenvalue weighted by Crippen LogP contribution is 2.25. The van der Waals surface area contributed by atoms with Gasteiger partial charge in [0.25, 0.3) is 5.89 Å². The van der Waals surface area contributed by atoms with Crippen LogP contribution in [0.4, 0.5) is 0 Å². The van der Waals surface area contributed by atoms with Crippen LogP contribution in [0.2, 0.25) is 0 Å². The number of H-pyrrole nitrogens is 1. The minimum Gasteiger partial charge on any atom is -0.376 e. The predicted molar refractivity (Wildman–Crippen MR) is 75.5 cm³/mol. The van der Waals surface area contributed by atoms with Crippen molar-refractivity contribution in [2.24, 2.45) is 5.73 Å². The molecule has 0 spiro atoms. The Morgan fingerprint density at radius 2 is 2.33 bits per heavy atom. The molecule has 1 aliphatic carbocycles. The Kier molecular flexibility index (Phi) is 3.60. The van der Waals surface area contributed by atoms with E-state index in [9.17, 15) is 4.79 Å². The molecule has 0 bridgehead atoms. The molecule has 3 N–H and O–H groups in total. The number of aromatic amines is 1. The normalized spacial score (nSPS) is 18.2. The summed E-state index contributed by atoms with van der Waals surface area (Å²) >= 11 is 0. The van der Waals surface area contributed by atoms with E-state index in [1.54, 1.807) is 19.1 Å². The highest BCUT2D eigenvalue weighted by atomic mass is 16.5. The van der Waals surface area contributed by atoms with Crippen LogP contribution in [0.3, 0.4) is 0 Å². The molecule has 2 aromatic rings. The molecule has 7 heteroatoms. The Balaban J connectivity index is 1.75. The molecule has 2 heterocycles. The fourth-order valence-corrected chi connectivity index (χ4v) is 2.03. The predicted octanol–water partition coefficient (Wildman–Crippen LogP) is 1.17. The second-order valence-corrected chi connectivity index (χ2v) is 5.63. The zero-order valence-electron chi connectivity index (χ0n) is 11.8. The number of pyridine rings is 1. The molecule has 7 nitrogen and oxygen atoms in total. The Hall–Kier alpha value is -1.99. The molecule has 21 heavy (non-hydrogen) atoms. The summed E-state index contributed by atoms with van der Waals surface area (Å²) < 4.78 is 10.9. The van der Waals surface area contributed by atoms with Crippen LogP contribution in [0.1, 0.15) is 32.0 Å². The van der Waals surface area contributed by atoms with Crippen molar-refractivity contribution >= 4 is 0 Å². The van der Waals surface area contributed by atoms with E-state index in [0.29, 0.717) is 24.2 Å². The minimum atomic E-state index is -0.827. The monoisotopic (exact) mass is 290 g/mol. The number of nitrogens with zero attached hydrogens (tertiary/aromatic N) is 2. The van der Waals surface area contributed by atoms with Gasteiger partial charge in [0, 0.05) is 6.07 Å². The Labute approximate surface area is 121 Å². The average molecular weight is 290 g/mol. The summed E-state index contributed by atoms with van der Waals surface area (Å²) in [5.41, 5.74) is 5.62. The standard InChI is InChI=1S/C14H18N4O3/c1-14(15,8-20-9-4-2-5-9)13-17-12(21-18-13)10-6-3-7-11(19)16-10/h3,6-7,9H,2,4-5,8,15H2,1H3,(H,16,19). The van der Waals surface area contributed by atoms with Crippen LogP contribution < -0.4 is 11.3 Å². The molecule has 112 valence electrons. The van der Waals surface area contributed by atoms with Crippen LogP contribution in [-0.2, 0) is 10.3 Å². The molecular weight excluding hydrogens is 272 g/mol. The Morgan fingerprint density at radius 3 is 3.00 bits per heavy atom. The molecule has 0 radical (unpaired) electrons. The van der Waals surface area contributed by atoms with Crippen molar-refractivity contribution in [3.63, 3.8) is 0 Å². The van der Waals surface area contributed by atoms with E-state index in [2.05, 4.69) is 15.1 Å². The van der Waals surface area contributed by atoms with Gasteiger partial charge in [0.1, 0.15) is 11.2 Å². The van der Waals surface area contributed by atoms with Crippen LogP contribution in [0.5, 0.6) is 0 Å². The number of nitrogens with one attached hydrogen (secondary N) is 1. The van der Waals surface area contributed by atoms with Crippen LogP contribution in [0, 0.1) is 0 Å². The third-order valence-electron chi connectivity index (χ3n) is 3.61. The van der Waals surface area contributed by atoms with Crippen molar-refractivity contribution in [2.75, 3.05) is 6.61 Å². The van der Waals surface area contributed by atoms with Gasteiger partial charge >= 0.3 is 0 Å². The minimum absolute atomic E-state index is 0.226. The summed E-state index contributed by atoms with van der Waals surface area (Å²) in [5, 5.41) is 3.90. The van der Waals surface area contributed by atoms with Crippen LogP contribution in [-0.4, -0.2) is 27.8 Å². The van der Waals surface area contributed by atoms with Crippen LogP contribution in [0.15, 0.2) is 27.5 Å². The van der Waals surface area contributed by atoms with E-state index < -0.39 is 5.54 Å². The molecule has 0 saturated heterocycles. The van der Waals surface area contributed by atoms with Gasteiger partial charge in [0.15, 0.2) is 5.82 Å². The third kappa shape index (κ3) is 3.03. The largest absolute Gasteiger partial charge is 0.376 e. The highest BCUT2D eigenvalue weighted by Gasteiger charge is 2.30. The van der Waals surface area contributed by atoms with Gasteiger partial charge in [-0.1, -0.05) is 11.2 Å². The van der Waals surface area contributed by atoms with Gasteiger partial charge in [-0.2, -0.15) is 4.98 Å². The summed E-state index contributed by atoms with van der Waals surface area (Å²) in [6, 6.07) is 4.73. The van der Waals surface area contributed by atoms with Gasteiger partial charge in [0.05, 0.1) is 12.7 Å². The second-order valence-electron chi connectivity index (χ2n) is 5.63. The molecule has 3 rings (SSSR count). The Morgan fingerprint density at radius 1 is 1.52 bits per heavy atom. The first-order valence-electron chi connectivity index (χ1n) is 6.99. The average Bonchev–Trinajstić information content (AvgIpc) is 2.87. The summed E-state index contributed by atoms with van der Waals surface area (Å²) in [4.78, 5) is 18.2. The molecule has 1 atom stereocenters. The maximum atomic E-state index is 11.3. The molecule has 2 aromatic heterocycles. The van der Waals surface area contributed by atoms with Crippen LogP contribution >= 0.6 is 0 Å².